The van der Waals surface area contributed by atoms with E-state index in [2.05, 4.69) is 38.2 Å². The van der Waals surface area contributed by atoms with Crippen molar-refractivity contribution in [2.45, 2.75) is 52.4 Å². The van der Waals surface area contributed by atoms with Crippen molar-refractivity contribution in [3.63, 3.8) is 0 Å². The minimum absolute atomic E-state index is 0.0126. The highest BCUT2D eigenvalue weighted by molar-refractivity contribution is 6.03. The van der Waals surface area contributed by atoms with Gasteiger partial charge in [0.15, 0.2) is 0 Å². The third-order valence-electron chi connectivity index (χ3n) is 5.40. The molecule has 2 amide bonds. The lowest BCUT2D eigenvalue weighted by Gasteiger charge is -2.18. The Morgan fingerprint density at radius 3 is 2.54 bits per heavy atom. The van der Waals surface area contributed by atoms with E-state index in [1.165, 1.54) is 18.4 Å². The van der Waals surface area contributed by atoms with Gasteiger partial charge in [0.25, 0.3) is 0 Å². The van der Waals surface area contributed by atoms with Gasteiger partial charge in [-0.25, -0.2) is 0 Å². The molecule has 1 saturated heterocycles. The SMILES string of the molecule is CCCCc1ccc(N2C[C@H](C(=O)Nc3ccccc3C(C)C)CC2=O)cc1. The number of amides is 2. The molecular formula is C24H30N2O2. The minimum atomic E-state index is -0.326. The molecule has 0 bridgehead atoms. The molecule has 2 aromatic carbocycles. The number of anilines is 2. The van der Waals surface area contributed by atoms with Crippen molar-refractivity contribution in [2.75, 3.05) is 16.8 Å². The van der Waals surface area contributed by atoms with Crippen LogP contribution < -0.4 is 10.2 Å². The summed E-state index contributed by atoms with van der Waals surface area (Å²) in [7, 11) is 0. The van der Waals surface area contributed by atoms with Crippen LogP contribution >= 0.6 is 0 Å². The molecule has 1 fully saturated rings. The number of hydrogen-bond donors (Lipinski definition) is 1. The zero-order valence-electron chi connectivity index (χ0n) is 17.1. The third kappa shape index (κ3) is 4.61. The van der Waals surface area contributed by atoms with Gasteiger partial charge in [0, 0.05) is 24.3 Å². The van der Waals surface area contributed by atoms with Crippen molar-refractivity contribution in [2.24, 2.45) is 5.92 Å². The predicted molar refractivity (Wildman–Crippen MR) is 115 cm³/mol. The van der Waals surface area contributed by atoms with E-state index in [9.17, 15) is 9.59 Å². The lowest BCUT2D eigenvalue weighted by molar-refractivity contribution is -0.122. The second kappa shape index (κ2) is 9.05. The maximum Gasteiger partial charge on any atom is 0.229 e. The largest absolute Gasteiger partial charge is 0.326 e. The number of nitrogens with zero attached hydrogens (tertiary/aromatic N) is 1. The van der Waals surface area contributed by atoms with Crippen LogP contribution in [-0.2, 0) is 16.0 Å². The van der Waals surface area contributed by atoms with Crippen molar-refractivity contribution >= 4 is 23.2 Å². The summed E-state index contributed by atoms with van der Waals surface area (Å²) in [5, 5.41) is 3.04. The summed E-state index contributed by atoms with van der Waals surface area (Å²) in [6, 6.07) is 16.0. The van der Waals surface area contributed by atoms with E-state index in [1.54, 1.807) is 4.90 Å². The van der Waals surface area contributed by atoms with E-state index in [4.69, 9.17) is 0 Å². The molecule has 1 aliphatic heterocycles. The molecule has 0 aromatic heterocycles. The van der Waals surface area contributed by atoms with E-state index in [0.29, 0.717) is 12.5 Å². The molecule has 1 aliphatic rings. The number of carbonyl (C=O) groups excluding carboxylic acids is 2. The number of para-hydroxylation sites is 1. The van der Waals surface area contributed by atoms with Crippen LogP contribution in [0.1, 0.15) is 57.1 Å². The molecule has 1 atom stereocenters. The first kappa shape index (κ1) is 20.1. The van der Waals surface area contributed by atoms with Gasteiger partial charge in [0.2, 0.25) is 11.8 Å². The molecule has 0 radical (unpaired) electrons. The number of rotatable bonds is 7. The molecule has 3 rings (SSSR count). The first-order valence-electron chi connectivity index (χ1n) is 10.3. The molecule has 28 heavy (non-hydrogen) atoms. The summed E-state index contributed by atoms with van der Waals surface area (Å²) in [6.45, 7) is 6.83. The molecule has 0 aliphatic carbocycles. The number of nitrogens with one attached hydrogen (secondary N) is 1. The normalized spacial score (nSPS) is 16.6. The molecule has 0 spiro atoms. The van der Waals surface area contributed by atoms with E-state index >= 15 is 0 Å². The third-order valence-corrected chi connectivity index (χ3v) is 5.40. The van der Waals surface area contributed by atoms with Gasteiger partial charge in [-0.3, -0.25) is 9.59 Å². The maximum absolute atomic E-state index is 12.8. The average Bonchev–Trinajstić information content (AvgIpc) is 3.09. The molecule has 2 aromatic rings. The molecule has 1 heterocycles. The zero-order valence-corrected chi connectivity index (χ0v) is 17.1. The van der Waals surface area contributed by atoms with E-state index < -0.39 is 0 Å². The van der Waals surface area contributed by atoms with Crippen LogP contribution in [0.15, 0.2) is 48.5 Å². The topological polar surface area (TPSA) is 49.4 Å². The lowest BCUT2D eigenvalue weighted by atomic mass is 10.0. The van der Waals surface area contributed by atoms with Crippen LogP contribution in [0.5, 0.6) is 0 Å². The molecule has 0 saturated carbocycles. The fraction of sp³-hybridized carbons (Fsp3) is 0.417. The van der Waals surface area contributed by atoms with Gasteiger partial charge < -0.3 is 10.2 Å². The number of hydrogen-bond acceptors (Lipinski definition) is 2. The molecule has 1 N–H and O–H groups in total. The number of carbonyl (C=O) groups is 2. The summed E-state index contributed by atoms with van der Waals surface area (Å²) < 4.78 is 0. The van der Waals surface area contributed by atoms with E-state index in [1.807, 2.05) is 36.4 Å². The van der Waals surface area contributed by atoms with Crippen LogP contribution in [0.2, 0.25) is 0 Å². The second-order valence-electron chi connectivity index (χ2n) is 7.91. The number of unbranched alkanes of at least 4 members (excludes halogenated alkanes) is 1. The summed E-state index contributed by atoms with van der Waals surface area (Å²) >= 11 is 0. The highest BCUT2D eigenvalue weighted by Gasteiger charge is 2.35. The van der Waals surface area contributed by atoms with Crippen molar-refractivity contribution in [1.82, 2.24) is 0 Å². The monoisotopic (exact) mass is 378 g/mol. The summed E-state index contributed by atoms with van der Waals surface area (Å²) in [5.74, 6) is -0.0703. The molecular weight excluding hydrogens is 348 g/mol. The molecule has 148 valence electrons. The Labute approximate surface area is 167 Å². The standard InChI is InChI=1S/C24H30N2O2/c1-4-5-8-18-11-13-20(14-12-18)26-16-19(15-23(26)27)24(28)25-22-10-7-6-9-21(22)17(2)3/h6-7,9-14,17,19H,4-5,8,15-16H2,1-3H3,(H,25,28)/t19-/m1/s1. The fourth-order valence-electron chi connectivity index (χ4n) is 3.71. The van der Waals surface area contributed by atoms with Crippen molar-refractivity contribution in [3.8, 4) is 0 Å². The van der Waals surface area contributed by atoms with Gasteiger partial charge in [-0.05, 0) is 48.1 Å². The fourth-order valence-corrected chi connectivity index (χ4v) is 3.71. The van der Waals surface area contributed by atoms with Gasteiger partial charge in [-0.1, -0.05) is 57.5 Å². The Bertz CT molecular complexity index is 827. The Morgan fingerprint density at radius 2 is 1.86 bits per heavy atom. The predicted octanol–water partition coefficient (Wildman–Crippen LogP) is 5.14. The second-order valence-corrected chi connectivity index (χ2v) is 7.91. The van der Waals surface area contributed by atoms with Gasteiger partial charge in [0.05, 0.1) is 5.92 Å². The Hall–Kier alpha value is -2.62. The quantitative estimate of drug-likeness (QED) is 0.725. The zero-order chi connectivity index (χ0) is 20.1. The van der Waals surface area contributed by atoms with Crippen molar-refractivity contribution in [1.29, 1.82) is 0 Å². The summed E-state index contributed by atoms with van der Waals surface area (Å²) in [4.78, 5) is 27.1. The maximum atomic E-state index is 12.8. The lowest BCUT2D eigenvalue weighted by Crippen LogP contribution is -2.28. The minimum Gasteiger partial charge on any atom is -0.326 e. The van der Waals surface area contributed by atoms with E-state index in [-0.39, 0.29) is 24.2 Å². The van der Waals surface area contributed by atoms with Crippen molar-refractivity contribution in [3.05, 3.63) is 59.7 Å². The molecule has 4 nitrogen and oxygen atoms in total. The highest BCUT2D eigenvalue weighted by atomic mass is 16.2. The molecule has 4 heteroatoms. The summed E-state index contributed by atoms with van der Waals surface area (Å²) in [6.07, 6.45) is 3.66. The van der Waals surface area contributed by atoms with Crippen LogP contribution in [0.25, 0.3) is 0 Å². The number of benzene rings is 2. The first-order valence-corrected chi connectivity index (χ1v) is 10.3. The number of aryl methyl sites for hydroxylation is 1. The van der Waals surface area contributed by atoms with Crippen molar-refractivity contribution < 1.29 is 9.59 Å². The first-order chi connectivity index (χ1) is 13.5. The summed E-state index contributed by atoms with van der Waals surface area (Å²) in [5.41, 5.74) is 4.12. The van der Waals surface area contributed by atoms with Gasteiger partial charge in [-0.2, -0.15) is 0 Å². The average molecular weight is 379 g/mol. The van der Waals surface area contributed by atoms with E-state index in [0.717, 1.165) is 23.4 Å². The Kier molecular flexibility index (Phi) is 6.50. The Morgan fingerprint density at radius 1 is 1.14 bits per heavy atom. The van der Waals surface area contributed by atoms with Crippen LogP contribution in [0.4, 0.5) is 11.4 Å². The van der Waals surface area contributed by atoms with Crippen LogP contribution in [0, 0.1) is 5.92 Å². The van der Waals surface area contributed by atoms with Gasteiger partial charge >= 0.3 is 0 Å². The highest BCUT2D eigenvalue weighted by Crippen LogP contribution is 2.28. The van der Waals surface area contributed by atoms with Gasteiger partial charge in [0.1, 0.15) is 0 Å². The van der Waals surface area contributed by atoms with Crippen LogP contribution in [0.3, 0.4) is 0 Å². The van der Waals surface area contributed by atoms with Crippen LogP contribution in [-0.4, -0.2) is 18.4 Å². The smallest absolute Gasteiger partial charge is 0.229 e. The van der Waals surface area contributed by atoms with Gasteiger partial charge in [-0.15, -0.1) is 0 Å². The Balaban J connectivity index is 1.66. The molecule has 0 unspecified atom stereocenters.